The number of para-hydroxylation sites is 1. The lowest BCUT2D eigenvalue weighted by Gasteiger charge is -2.33. The van der Waals surface area contributed by atoms with Crippen molar-refractivity contribution in [3.63, 3.8) is 0 Å². The maximum atomic E-state index is 11.8. The number of aryl methyl sites for hydroxylation is 1. The maximum Gasteiger partial charge on any atom is 0.323 e. The number of carbonyl (C=O) groups excluding carboxylic acids is 1. The standard InChI is InChI=1S/C17H24N2O3/c1-22-17(21)16-11-14(20)12-19(16)10-9-18-8-4-6-13-5-2-3-7-15(13)18/h2-3,5,7,14,16,20H,4,6,8-12H2,1H3/t14-,16-/m1/s1. The first kappa shape index (κ1) is 15.3. The second-order valence-corrected chi connectivity index (χ2v) is 6.14. The van der Waals surface area contributed by atoms with Crippen LogP contribution in [0.5, 0.6) is 0 Å². The van der Waals surface area contributed by atoms with Crippen molar-refractivity contribution in [2.75, 3.05) is 38.2 Å². The van der Waals surface area contributed by atoms with Gasteiger partial charge in [-0.3, -0.25) is 9.69 Å². The molecule has 1 fully saturated rings. The minimum Gasteiger partial charge on any atom is -0.468 e. The molecule has 2 aliphatic rings. The summed E-state index contributed by atoms with van der Waals surface area (Å²) in [6.45, 7) is 3.24. The summed E-state index contributed by atoms with van der Waals surface area (Å²) in [5.41, 5.74) is 2.71. The molecule has 2 atom stereocenters. The lowest BCUT2D eigenvalue weighted by atomic mass is 10.0. The van der Waals surface area contributed by atoms with Crippen LogP contribution in [-0.4, -0.2) is 61.4 Å². The van der Waals surface area contributed by atoms with Gasteiger partial charge in [0, 0.05) is 38.3 Å². The molecule has 2 aliphatic heterocycles. The van der Waals surface area contributed by atoms with E-state index in [1.54, 1.807) is 0 Å². The van der Waals surface area contributed by atoms with Crippen LogP contribution in [0.3, 0.4) is 0 Å². The maximum absolute atomic E-state index is 11.8. The van der Waals surface area contributed by atoms with Crippen molar-refractivity contribution in [2.45, 2.75) is 31.4 Å². The number of ether oxygens (including phenoxy) is 1. The Morgan fingerprint density at radius 1 is 1.36 bits per heavy atom. The minimum absolute atomic E-state index is 0.240. The summed E-state index contributed by atoms with van der Waals surface area (Å²) in [5, 5.41) is 9.85. The van der Waals surface area contributed by atoms with Gasteiger partial charge < -0.3 is 14.7 Å². The normalized spacial score (nSPS) is 25.1. The van der Waals surface area contributed by atoms with Crippen molar-refractivity contribution in [3.8, 4) is 0 Å². The molecule has 0 radical (unpaired) electrons. The second-order valence-electron chi connectivity index (χ2n) is 6.14. The second kappa shape index (κ2) is 6.67. The summed E-state index contributed by atoms with van der Waals surface area (Å²) < 4.78 is 4.86. The van der Waals surface area contributed by atoms with Crippen LogP contribution < -0.4 is 4.90 Å². The van der Waals surface area contributed by atoms with Gasteiger partial charge in [-0.1, -0.05) is 18.2 Å². The zero-order valence-electron chi connectivity index (χ0n) is 13.1. The van der Waals surface area contributed by atoms with Crippen molar-refractivity contribution >= 4 is 11.7 Å². The van der Waals surface area contributed by atoms with Gasteiger partial charge in [-0.15, -0.1) is 0 Å². The molecule has 120 valence electrons. The van der Waals surface area contributed by atoms with E-state index in [-0.39, 0.29) is 12.0 Å². The highest BCUT2D eigenvalue weighted by atomic mass is 16.5. The summed E-state index contributed by atoms with van der Waals surface area (Å²) in [5.74, 6) is -0.240. The van der Waals surface area contributed by atoms with E-state index in [1.807, 2.05) is 4.90 Å². The average molecular weight is 304 g/mol. The zero-order chi connectivity index (χ0) is 15.5. The van der Waals surface area contributed by atoms with Gasteiger partial charge in [-0.05, 0) is 24.5 Å². The fraction of sp³-hybridized carbons (Fsp3) is 0.588. The lowest BCUT2D eigenvalue weighted by Crippen LogP contribution is -2.43. The number of benzene rings is 1. The van der Waals surface area contributed by atoms with Gasteiger partial charge in [0.05, 0.1) is 13.2 Å². The molecule has 2 heterocycles. The van der Waals surface area contributed by atoms with Crippen molar-refractivity contribution in [1.29, 1.82) is 0 Å². The molecule has 5 heteroatoms. The van der Waals surface area contributed by atoms with E-state index in [0.29, 0.717) is 13.0 Å². The monoisotopic (exact) mass is 304 g/mol. The number of hydrogen-bond donors (Lipinski definition) is 1. The average Bonchev–Trinajstić information content (AvgIpc) is 2.93. The van der Waals surface area contributed by atoms with Gasteiger partial charge in [-0.25, -0.2) is 0 Å². The van der Waals surface area contributed by atoms with E-state index in [1.165, 1.54) is 24.8 Å². The van der Waals surface area contributed by atoms with Crippen LogP contribution in [-0.2, 0) is 16.0 Å². The summed E-state index contributed by atoms with van der Waals surface area (Å²) in [4.78, 5) is 16.3. The number of esters is 1. The van der Waals surface area contributed by atoms with E-state index >= 15 is 0 Å². The molecule has 1 N–H and O–H groups in total. The highest BCUT2D eigenvalue weighted by Gasteiger charge is 2.36. The highest BCUT2D eigenvalue weighted by molar-refractivity contribution is 5.76. The Morgan fingerprint density at radius 2 is 2.18 bits per heavy atom. The van der Waals surface area contributed by atoms with Crippen molar-refractivity contribution in [1.82, 2.24) is 4.90 Å². The Balaban J connectivity index is 1.64. The molecular formula is C17H24N2O3. The predicted octanol–water partition coefficient (Wildman–Crippen LogP) is 1.05. The smallest absolute Gasteiger partial charge is 0.323 e. The van der Waals surface area contributed by atoms with E-state index in [2.05, 4.69) is 29.2 Å². The number of methoxy groups -OCH3 is 1. The Bertz CT molecular complexity index is 534. The molecule has 3 rings (SSSR count). The lowest BCUT2D eigenvalue weighted by molar-refractivity contribution is -0.145. The van der Waals surface area contributed by atoms with E-state index in [4.69, 9.17) is 4.74 Å². The van der Waals surface area contributed by atoms with Gasteiger partial charge in [0.1, 0.15) is 6.04 Å². The van der Waals surface area contributed by atoms with Gasteiger partial charge in [0.15, 0.2) is 0 Å². The zero-order valence-corrected chi connectivity index (χ0v) is 13.1. The number of anilines is 1. The largest absolute Gasteiger partial charge is 0.468 e. The summed E-state index contributed by atoms with van der Waals surface area (Å²) in [6, 6.07) is 8.23. The van der Waals surface area contributed by atoms with Crippen LogP contribution in [0.4, 0.5) is 5.69 Å². The van der Waals surface area contributed by atoms with Crippen molar-refractivity contribution < 1.29 is 14.6 Å². The van der Waals surface area contributed by atoms with Gasteiger partial charge in [0.25, 0.3) is 0 Å². The Kier molecular flexibility index (Phi) is 4.64. The molecule has 0 bridgehead atoms. The van der Waals surface area contributed by atoms with E-state index in [9.17, 15) is 9.90 Å². The summed E-state index contributed by atoms with van der Waals surface area (Å²) in [7, 11) is 1.41. The molecule has 0 saturated carbocycles. The fourth-order valence-corrected chi connectivity index (χ4v) is 3.60. The third-order valence-corrected chi connectivity index (χ3v) is 4.72. The molecule has 5 nitrogen and oxygen atoms in total. The highest BCUT2D eigenvalue weighted by Crippen LogP contribution is 2.27. The Labute approximate surface area is 131 Å². The van der Waals surface area contributed by atoms with E-state index < -0.39 is 6.10 Å². The first-order valence-corrected chi connectivity index (χ1v) is 8.02. The Morgan fingerprint density at radius 3 is 3.00 bits per heavy atom. The molecule has 0 aromatic heterocycles. The van der Waals surface area contributed by atoms with Gasteiger partial charge in [-0.2, -0.15) is 0 Å². The van der Waals surface area contributed by atoms with Crippen LogP contribution >= 0.6 is 0 Å². The topological polar surface area (TPSA) is 53.0 Å². The number of hydrogen-bond acceptors (Lipinski definition) is 5. The Hall–Kier alpha value is -1.59. The van der Waals surface area contributed by atoms with Crippen molar-refractivity contribution in [3.05, 3.63) is 29.8 Å². The molecule has 0 unspecified atom stereocenters. The third kappa shape index (κ3) is 3.10. The van der Waals surface area contributed by atoms with Crippen LogP contribution in [0.2, 0.25) is 0 Å². The first-order valence-electron chi connectivity index (χ1n) is 8.02. The summed E-state index contributed by atoms with van der Waals surface area (Å²) >= 11 is 0. The molecule has 0 spiro atoms. The fourth-order valence-electron chi connectivity index (χ4n) is 3.60. The summed E-state index contributed by atoms with van der Waals surface area (Å²) in [6.07, 6.45) is 2.35. The van der Waals surface area contributed by atoms with Crippen LogP contribution in [0, 0.1) is 0 Å². The van der Waals surface area contributed by atoms with Crippen LogP contribution in [0.15, 0.2) is 24.3 Å². The molecule has 1 aromatic rings. The molecule has 0 aliphatic carbocycles. The number of fused-ring (bicyclic) bond motifs is 1. The number of nitrogens with zero attached hydrogens (tertiary/aromatic N) is 2. The number of likely N-dealkylation sites (tertiary alicyclic amines) is 1. The molecular weight excluding hydrogens is 280 g/mol. The number of aliphatic hydroxyl groups is 1. The van der Waals surface area contributed by atoms with Crippen molar-refractivity contribution in [2.24, 2.45) is 0 Å². The molecule has 0 amide bonds. The van der Waals surface area contributed by atoms with Crippen LogP contribution in [0.25, 0.3) is 0 Å². The number of β-amino-alcohol motifs (C(OH)–C–C–N with tert-alkyl or cyclic N) is 1. The first-order chi connectivity index (χ1) is 10.7. The molecule has 22 heavy (non-hydrogen) atoms. The number of rotatable bonds is 4. The van der Waals surface area contributed by atoms with Gasteiger partial charge >= 0.3 is 5.97 Å². The van der Waals surface area contributed by atoms with Crippen LogP contribution in [0.1, 0.15) is 18.4 Å². The molecule has 1 saturated heterocycles. The third-order valence-electron chi connectivity index (χ3n) is 4.72. The quantitative estimate of drug-likeness (QED) is 0.843. The minimum atomic E-state index is -0.433. The number of aliphatic hydroxyl groups excluding tert-OH is 1. The predicted molar refractivity (Wildman–Crippen MR) is 85.0 cm³/mol. The number of carbonyl (C=O) groups is 1. The molecule has 1 aromatic carbocycles. The van der Waals surface area contributed by atoms with E-state index in [0.717, 1.165) is 26.1 Å². The van der Waals surface area contributed by atoms with Gasteiger partial charge in [0.2, 0.25) is 0 Å². The SMILES string of the molecule is COC(=O)[C@H]1C[C@@H](O)CN1CCN1CCCc2ccccc21.